The number of aliphatic hydroxyl groups is 1. The summed E-state index contributed by atoms with van der Waals surface area (Å²) in [7, 11) is 0. The quantitative estimate of drug-likeness (QED) is 0.704. The number of piperidine rings is 1. The number of carbonyl (C=O) groups is 1. The van der Waals surface area contributed by atoms with E-state index in [4.69, 9.17) is 0 Å². The molecule has 1 amide bonds. The molecule has 0 aromatic rings. The molecule has 120 valence electrons. The molecular weight excluding hydrogens is 276 g/mol. The minimum absolute atomic E-state index is 0. The average molecular weight is 307 g/mol. The van der Waals surface area contributed by atoms with Crippen molar-refractivity contribution in [2.75, 3.05) is 19.6 Å². The monoisotopic (exact) mass is 306 g/mol. The van der Waals surface area contributed by atoms with E-state index in [1.807, 2.05) is 0 Å². The van der Waals surface area contributed by atoms with Gasteiger partial charge < -0.3 is 15.7 Å². The van der Waals surface area contributed by atoms with Crippen LogP contribution in [0.2, 0.25) is 0 Å². The summed E-state index contributed by atoms with van der Waals surface area (Å²) < 4.78 is 0. The van der Waals surface area contributed by atoms with Gasteiger partial charge in [0.15, 0.2) is 0 Å². The largest absolute Gasteiger partial charge is 0.391 e. The Morgan fingerprint density at radius 2 is 1.95 bits per heavy atom. The van der Waals surface area contributed by atoms with Gasteiger partial charge >= 0.3 is 0 Å². The van der Waals surface area contributed by atoms with E-state index in [0.29, 0.717) is 25.3 Å². The van der Waals surface area contributed by atoms with Crippen LogP contribution < -0.4 is 10.6 Å². The summed E-state index contributed by atoms with van der Waals surface area (Å²) in [5.74, 6) is 0.762. The number of rotatable bonds is 6. The first-order valence-corrected chi connectivity index (χ1v) is 7.52. The Hall–Kier alpha value is -0.320. The zero-order chi connectivity index (χ0) is 14.3. The normalized spacial score (nSPS) is 18.2. The minimum Gasteiger partial charge on any atom is -0.391 e. The highest BCUT2D eigenvalue weighted by Gasteiger charge is 2.18. The molecule has 0 aromatic heterocycles. The molecule has 1 unspecified atom stereocenters. The molecule has 0 spiro atoms. The van der Waals surface area contributed by atoms with Gasteiger partial charge in [0, 0.05) is 13.0 Å². The Morgan fingerprint density at radius 3 is 2.50 bits per heavy atom. The van der Waals surface area contributed by atoms with Gasteiger partial charge in [-0.3, -0.25) is 4.79 Å². The van der Waals surface area contributed by atoms with Crippen molar-refractivity contribution in [2.45, 2.75) is 59.0 Å². The van der Waals surface area contributed by atoms with Crippen LogP contribution in [0.3, 0.4) is 0 Å². The molecule has 1 heterocycles. The Morgan fingerprint density at radius 1 is 1.35 bits per heavy atom. The fraction of sp³-hybridized carbons (Fsp3) is 0.933. The van der Waals surface area contributed by atoms with Crippen molar-refractivity contribution in [3.63, 3.8) is 0 Å². The molecule has 0 radical (unpaired) electrons. The van der Waals surface area contributed by atoms with Gasteiger partial charge in [0.2, 0.25) is 5.91 Å². The second-order valence-corrected chi connectivity index (χ2v) is 6.95. The highest BCUT2D eigenvalue weighted by molar-refractivity contribution is 5.85. The third-order valence-corrected chi connectivity index (χ3v) is 3.62. The van der Waals surface area contributed by atoms with Gasteiger partial charge in [0.05, 0.1) is 6.10 Å². The van der Waals surface area contributed by atoms with Crippen LogP contribution in [0.15, 0.2) is 0 Å². The molecule has 1 rings (SSSR count). The zero-order valence-electron chi connectivity index (χ0n) is 13.1. The lowest BCUT2D eigenvalue weighted by Gasteiger charge is -2.23. The second kappa shape index (κ2) is 9.59. The van der Waals surface area contributed by atoms with Crippen molar-refractivity contribution in [1.29, 1.82) is 0 Å². The first-order valence-electron chi connectivity index (χ1n) is 7.52. The van der Waals surface area contributed by atoms with Crippen molar-refractivity contribution in [2.24, 2.45) is 11.3 Å². The Bertz CT molecular complexity index is 274. The SMILES string of the molecule is CC(C)(C)CC(O)CNC(=O)CCC1CCNCC1.Cl. The molecule has 5 heteroatoms. The van der Waals surface area contributed by atoms with Crippen LogP contribution in [0.1, 0.15) is 52.9 Å². The average Bonchev–Trinajstić information content (AvgIpc) is 2.33. The molecule has 1 atom stereocenters. The van der Waals surface area contributed by atoms with Crippen LogP contribution in [0.25, 0.3) is 0 Å². The molecule has 3 N–H and O–H groups in total. The Kier molecular flexibility index (Phi) is 9.43. The van der Waals surface area contributed by atoms with E-state index in [9.17, 15) is 9.90 Å². The number of nitrogens with one attached hydrogen (secondary N) is 2. The molecular formula is C15H31ClN2O2. The maximum absolute atomic E-state index is 11.7. The van der Waals surface area contributed by atoms with Gasteiger partial charge in [-0.05, 0) is 50.1 Å². The van der Waals surface area contributed by atoms with E-state index in [2.05, 4.69) is 31.4 Å². The molecule has 1 fully saturated rings. The van der Waals surface area contributed by atoms with Crippen LogP contribution in [-0.4, -0.2) is 36.8 Å². The fourth-order valence-corrected chi connectivity index (χ4v) is 2.60. The van der Waals surface area contributed by atoms with E-state index in [1.54, 1.807) is 0 Å². The molecule has 1 aliphatic heterocycles. The predicted octanol–water partition coefficient (Wildman–Crippen LogP) is 2.10. The van der Waals surface area contributed by atoms with E-state index in [0.717, 1.165) is 19.5 Å². The second-order valence-electron chi connectivity index (χ2n) is 6.95. The summed E-state index contributed by atoms with van der Waals surface area (Å²) in [5, 5.41) is 16.0. The number of amides is 1. The predicted molar refractivity (Wildman–Crippen MR) is 85.2 cm³/mol. The molecule has 4 nitrogen and oxygen atoms in total. The van der Waals surface area contributed by atoms with Gasteiger partial charge in [0.1, 0.15) is 0 Å². The lowest BCUT2D eigenvalue weighted by atomic mass is 9.89. The molecule has 1 aliphatic rings. The lowest BCUT2D eigenvalue weighted by Crippen LogP contribution is -2.34. The maximum Gasteiger partial charge on any atom is 0.220 e. The van der Waals surface area contributed by atoms with Gasteiger partial charge in [-0.15, -0.1) is 12.4 Å². The summed E-state index contributed by atoms with van der Waals surface area (Å²) in [6.45, 7) is 8.81. The van der Waals surface area contributed by atoms with E-state index in [1.165, 1.54) is 12.8 Å². The molecule has 0 saturated carbocycles. The van der Waals surface area contributed by atoms with E-state index >= 15 is 0 Å². The molecule has 0 bridgehead atoms. The molecule has 0 aromatic carbocycles. The van der Waals surface area contributed by atoms with E-state index < -0.39 is 6.10 Å². The summed E-state index contributed by atoms with van der Waals surface area (Å²) >= 11 is 0. The molecule has 1 saturated heterocycles. The van der Waals surface area contributed by atoms with Gasteiger partial charge in [0.25, 0.3) is 0 Å². The Labute approximate surface area is 129 Å². The summed E-state index contributed by atoms with van der Waals surface area (Å²) in [5.41, 5.74) is 0.0965. The molecule has 0 aliphatic carbocycles. The van der Waals surface area contributed by atoms with Crippen LogP contribution in [-0.2, 0) is 4.79 Å². The van der Waals surface area contributed by atoms with Crippen molar-refractivity contribution < 1.29 is 9.90 Å². The topological polar surface area (TPSA) is 61.4 Å². The van der Waals surface area contributed by atoms with Crippen molar-refractivity contribution >= 4 is 18.3 Å². The van der Waals surface area contributed by atoms with Gasteiger partial charge in [-0.1, -0.05) is 20.8 Å². The van der Waals surface area contributed by atoms with Crippen molar-refractivity contribution in [3.8, 4) is 0 Å². The van der Waals surface area contributed by atoms with Crippen LogP contribution in [0.4, 0.5) is 0 Å². The standard InChI is InChI=1S/C15H30N2O2.ClH/c1-15(2,3)10-13(18)11-17-14(19)5-4-12-6-8-16-9-7-12;/h12-13,16,18H,4-11H2,1-3H3,(H,17,19);1H. The number of hydrogen-bond donors (Lipinski definition) is 3. The minimum atomic E-state index is -0.442. The Balaban J connectivity index is 0.00000361. The highest BCUT2D eigenvalue weighted by atomic mass is 35.5. The van der Waals surface area contributed by atoms with Crippen LogP contribution in [0, 0.1) is 11.3 Å². The number of aliphatic hydroxyl groups excluding tert-OH is 1. The van der Waals surface area contributed by atoms with Gasteiger partial charge in [-0.2, -0.15) is 0 Å². The van der Waals surface area contributed by atoms with Gasteiger partial charge in [-0.25, -0.2) is 0 Å². The van der Waals surface area contributed by atoms with Crippen molar-refractivity contribution in [3.05, 3.63) is 0 Å². The number of hydrogen-bond acceptors (Lipinski definition) is 3. The zero-order valence-corrected chi connectivity index (χ0v) is 13.9. The third-order valence-electron chi connectivity index (χ3n) is 3.62. The van der Waals surface area contributed by atoms with Crippen molar-refractivity contribution in [1.82, 2.24) is 10.6 Å². The summed E-state index contributed by atoms with van der Waals surface area (Å²) in [6.07, 6.45) is 4.19. The summed E-state index contributed by atoms with van der Waals surface area (Å²) in [6, 6.07) is 0. The smallest absolute Gasteiger partial charge is 0.220 e. The van der Waals surface area contributed by atoms with Crippen LogP contribution >= 0.6 is 12.4 Å². The highest BCUT2D eigenvalue weighted by Crippen LogP contribution is 2.20. The first-order chi connectivity index (χ1) is 8.87. The lowest BCUT2D eigenvalue weighted by molar-refractivity contribution is -0.122. The summed E-state index contributed by atoms with van der Waals surface area (Å²) in [4.78, 5) is 11.7. The first kappa shape index (κ1) is 19.7. The third kappa shape index (κ3) is 9.56. The maximum atomic E-state index is 11.7. The van der Waals surface area contributed by atoms with Crippen LogP contribution in [0.5, 0.6) is 0 Å². The molecule has 20 heavy (non-hydrogen) atoms. The number of halogens is 1. The number of carbonyl (C=O) groups excluding carboxylic acids is 1. The van der Waals surface area contributed by atoms with E-state index in [-0.39, 0.29) is 23.7 Å². The fourth-order valence-electron chi connectivity index (χ4n) is 2.60.